The predicted octanol–water partition coefficient (Wildman–Crippen LogP) is 6.30. The summed E-state index contributed by atoms with van der Waals surface area (Å²) in [7, 11) is 0. The van der Waals surface area contributed by atoms with Crippen molar-refractivity contribution in [1.82, 2.24) is 9.55 Å². The first-order valence-corrected chi connectivity index (χ1v) is 12.6. The van der Waals surface area contributed by atoms with Gasteiger partial charge in [0.25, 0.3) is 5.56 Å². The Kier molecular flexibility index (Phi) is 6.50. The predicted molar refractivity (Wildman–Crippen MR) is 139 cm³/mol. The number of benzene rings is 3. The van der Waals surface area contributed by atoms with E-state index in [9.17, 15) is 9.59 Å². The van der Waals surface area contributed by atoms with Crippen LogP contribution < -0.4 is 10.9 Å². The highest BCUT2D eigenvalue weighted by atomic mass is 32.2. The van der Waals surface area contributed by atoms with Gasteiger partial charge in [-0.25, -0.2) is 4.98 Å². The molecule has 0 saturated heterocycles. The molecule has 1 aliphatic carbocycles. The lowest BCUT2D eigenvalue weighted by molar-refractivity contribution is -0.115. The topological polar surface area (TPSA) is 64.0 Å². The third-order valence-corrected chi connectivity index (χ3v) is 7.45. The summed E-state index contributed by atoms with van der Waals surface area (Å²) in [5.41, 5.74) is 3.45. The Hall–Kier alpha value is -3.38. The van der Waals surface area contributed by atoms with Crippen LogP contribution in [0, 0.1) is 0 Å². The molecule has 0 bridgehead atoms. The zero-order valence-corrected chi connectivity index (χ0v) is 19.9. The molecule has 3 aromatic carbocycles. The molecule has 1 fully saturated rings. The number of aromatic nitrogens is 2. The van der Waals surface area contributed by atoms with E-state index in [1.807, 2.05) is 90.4 Å². The van der Waals surface area contributed by atoms with E-state index < -0.39 is 5.25 Å². The van der Waals surface area contributed by atoms with Crippen molar-refractivity contribution in [2.45, 2.75) is 49.1 Å². The third kappa shape index (κ3) is 4.50. The fourth-order valence-corrected chi connectivity index (χ4v) is 5.58. The van der Waals surface area contributed by atoms with Crippen LogP contribution in [0.15, 0.2) is 88.8 Å². The van der Waals surface area contributed by atoms with Crippen LogP contribution >= 0.6 is 11.8 Å². The summed E-state index contributed by atoms with van der Waals surface area (Å²) in [6.07, 6.45) is 4.16. The molecule has 1 aliphatic rings. The molecule has 5 rings (SSSR count). The fourth-order valence-electron chi connectivity index (χ4n) is 4.60. The van der Waals surface area contributed by atoms with Gasteiger partial charge in [-0.2, -0.15) is 0 Å². The first-order chi connectivity index (χ1) is 16.6. The monoisotopic (exact) mass is 469 g/mol. The number of hydrogen-bond donors (Lipinski definition) is 1. The number of para-hydroxylation sites is 2. The average Bonchev–Trinajstić information content (AvgIpc) is 3.39. The van der Waals surface area contributed by atoms with Crippen molar-refractivity contribution in [2.24, 2.45) is 0 Å². The van der Waals surface area contributed by atoms with Gasteiger partial charge in [-0.3, -0.25) is 14.2 Å². The summed E-state index contributed by atoms with van der Waals surface area (Å²) in [6, 6.07) is 25.4. The second kappa shape index (κ2) is 9.85. The van der Waals surface area contributed by atoms with Crippen molar-refractivity contribution in [1.29, 1.82) is 0 Å². The SMILES string of the molecule is C[C@H](Sc1nc2ccccc2c(=O)n1C1CCCC1)C(=O)Nc1ccccc1-c1ccccc1. The molecule has 1 atom stereocenters. The molecule has 1 amide bonds. The van der Waals surface area contributed by atoms with Gasteiger partial charge in [-0.15, -0.1) is 0 Å². The van der Waals surface area contributed by atoms with Gasteiger partial charge in [-0.1, -0.05) is 85.3 Å². The molecule has 1 heterocycles. The molecule has 0 unspecified atom stereocenters. The number of hydrogen-bond acceptors (Lipinski definition) is 4. The minimum absolute atomic E-state index is 0.0120. The number of carbonyl (C=O) groups excluding carboxylic acids is 1. The highest BCUT2D eigenvalue weighted by molar-refractivity contribution is 8.00. The number of nitrogens with one attached hydrogen (secondary N) is 1. The Morgan fingerprint density at radius 1 is 0.971 bits per heavy atom. The first kappa shape index (κ1) is 22.4. The standard InChI is InChI=1S/C28H27N3O2S/c1-19(26(32)29-24-17-9-7-15-22(24)20-11-3-2-4-12-20)34-28-30-25-18-10-8-16-23(25)27(33)31(28)21-13-5-6-14-21/h2-4,7-12,15-19,21H,5-6,13-14H2,1H3,(H,29,32)/t19-/m0/s1. The van der Waals surface area contributed by atoms with Gasteiger partial charge < -0.3 is 5.32 Å². The minimum Gasteiger partial charge on any atom is -0.325 e. The van der Waals surface area contributed by atoms with E-state index in [-0.39, 0.29) is 17.5 Å². The molecule has 0 radical (unpaired) electrons. The Morgan fingerprint density at radius 3 is 2.44 bits per heavy atom. The number of anilines is 1. The lowest BCUT2D eigenvalue weighted by Gasteiger charge is -2.21. The summed E-state index contributed by atoms with van der Waals surface area (Å²) in [4.78, 5) is 31.4. The van der Waals surface area contributed by atoms with E-state index in [1.165, 1.54) is 11.8 Å². The van der Waals surface area contributed by atoms with Crippen molar-refractivity contribution in [2.75, 3.05) is 5.32 Å². The molecule has 34 heavy (non-hydrogen) atoms. The van der Waals surface area contributed by atoms with E-state index in [0.29, 0.717) is 16.1 Å². The second-order valence-corrected chi connectivity index (χ2v) is 9.99. The summed E-state index contributed by atoms with van der Waals surface area (Å²) >= 11 is 1.35. The van der Waals surface area contributed by atoms with Gasteiger partial charge in [-0.05, 0) is 43.5 Å². The van der Waals surface area contributed by atoms with Crippen LogP contribution in [0.3, 0.4) is 0 Å². The van der Waals surface area contributed by atoms with Gasteiger partial charge >= 0.3 is 0 Å². The third-order valence-electron chi connectivity index (χ3n) is 6.39. The largest absolute Gasteiger partial charge is 0.325 e. The van der Waals surface area contributed by atoms with Gasteiger partial charge in [0.05, 0.1) is 16.2 Å². The molecule has 6 heteroatoms. The Balaban J connectivity index is 1.43. The number of nitrogens with zero attached hydrogens (tertiary/aromatic N) is 2. The Bertz CT molecular complexity index is 1380. The molecular weight excluding hydrogens is 442 g/mol. The number of thioether (sulfide) groups is 1. The van der Waals surface area contributed by atoms with Crippen LogP contribution in [0.2, 0.25) is 0 Å². The smallest absolute Gasteiger partial charge is 0.262 e. The van der Waals surface area contributed by atoms with Crippen molar-refractivity contribution in [3.05, 3.63) is 89.2 Å². The zero-order valence-electron chi connectivity index (χ0n) is 19.1. The Labute approximate surface area is 203 Å². The summed E-state index contributed by atoms with van der Waals surface area (Å²) in [5, 5.41) is 3.92. The molecule has 4 aromatic rings. The maximum Gasteiger partial charge on any atom is 0.262 e. The molecule has 0 aliphatic heterocycles. The Morgan fingerprint density at radius 2 is 1.65 bits per heavy atom. The normalized spacial score (nSPS) is 14.9. The lowest BCUT2D eigenvalue weighted by atomic mass is 10.0. The maximum atomic E-state index is 13.4. The highest BCUT2D eigenvalue weighted by Crippen LogP contribution is 2.34. The number of amides is 1. The fraction of sp³-hybridized carbons (Fsp3) is 0.250. The van der Waals surface area contributed by atoms with Crippen molar-refractivity contribution < 1.29 is 4.79 Å². The highest BCUT2D eigenvalue weighted by Gasteiger charge is 2.26. The van der Waals surface area contributed by atoms with Gasteiger partial charge in [0.2, 0.25) is 5.91 Å². The van der Waals surface area contributed by atoms with Crippen LogP contribution in [0.1, 0.15) is 38.6 Å². The second-order valence-electron chi connectivity index (χ2n) is 8.69. The maximum absolute atomic E-state index is 13.4. The van der Waals surface area contributed by atoms with Gasteiger partial charge in [0.1, 0.15) is 0 Å². The van der Waals surface area contributed by atoms with Crippen molar-refractivity contribution in [3.63, 3.8) is 0 Å². The van der Waals surface area contributed by atoms with Crippen molar-refractivity contribution >= 4 is 34.3 Å². The van der Waals surface area contributed by atoms with Crippen LogP contribution in [0.4, 0.5) is 5.69 Å². The zero-order chi connectivity index (χ0) is 23.5. The summed E-state index contributed by atoms with van der Waals surface area (Å²) < 4.78 is 1.84. The molecule has 0 spiro atoms. The molecule has 1 N–H and O–H groups in total. The van der Waals surface area contributed by atoms with Gasteiger partial charge in [0.15, 0.2) is 5.16 Å². The average molecular weight is 470 g/mol. The molecular formula is C28H27N3O2S. The minimum atomic E-state index is -0.426. The van der Waals surface area contributed by atoms with Gasteiger partial charge in [0, 0.05) is 17.3 Å². The summed E-state index contributed by atoms with van der Waals surface area (Å²) in [6.45, 7) is 1.87. The molecule has 1 aromatic heterocycles. The quantitative estimate of drug-likeness (QED) is 0.266. The number of fused-ring (bicyclic) bond motifs is 1. The first-order valence-electron chi connectivity index (χ1n) is 11.7. The lowest BCUT2D eigenvalue weighted by Crippen LogP contribution is -2.29. The van der Waals surface area contributed by atoms with E-state index >= 15 is 0 Å². The molecule has 1 saturated carbocycles. The van der Waals surface area contributed by atoms with Crippen LogP contribution in [0.5, 0.6) is 0 Å². The van der Waals surface area contributed by atoms with Crippen LogP contribution in [0.25, 0.3) is 22.0 Å². The summed E-state index contributed by atoms with van der Waals surface area (Å²) in [5.74, 6) is -0.117. The van der Waals surface area contributed by atoms with E-state index in [1.54, 1.807) is 0 Å². The number of rotatable bonds is 6. The van der Waals surface area contributed by atoms with E-state index in [0.717, 1.165) is 42.5 Å². The van der Waals surface area contributed by atoms with E-state index in [4.69, 9.17) is 4.98 Å². The van der Waals surface area contributed by atoms with Crippen LogP contribution in [-0.2, 0) is 4.79 Å². The van der Waals surface area contributed by atoms with E-state index in [2.05, 4.69) is 5.32 Å². The molecule has 5 nitrogen and oxygen atoms in total. The molecule has 172 valence electrons. The number of carbonyl (C=O) groups is 1. The van der Waals surface area contributed by atoms with Crippen molar-refractivity contribution in [3.8, 4) is 11.1 Å². The van der Waals surface area contributed by atoms with Crippen LogP contribution in [-0.4, -0.2) is 20.7 Å².